The molecule has 1 N–H and O–H groups in total. The van der Waals surface area contributed by atoms with Gasteiger partial charge < -0.3 is 15.0 Å². The second-order valence-electron chi connectivity index (χ2n) is 10.3. The molecule has 8 nitrogen and oxygen atoms in total. The van der Waals surface area contributed by atoms with Crippen LogP contribution in [0.3, 0.4) is 0 Å². The predicted octanol–water partition coefficient (Wildman–Crippen LogP) is 3.48. The Morgan fingerprint density at radius 2 is 1.82 bits per heavy atom. The highest BCUT2D eigenvalue weighted by Gasteiger charge is 2.50. The lowest BCUT2D eigenvalue weighted by atomic mass is 9.96. The number of carbonyl (C=O) groups is 2. The standard InChI is InChI=1S/C26H42N4O4/c1-19(2)14-22-16-28(13-9-12-27-5)17-24-29(22)25(31)23(15-20(3)4)34-30(24)26(32)33-18-21-10-7-6-8-11-21/h6-8,10-11,19-20,22-24,27H,9,12-18H2,1-5H3/t22-,23+,24-/m0/s1. The molecule has 2 amide bonds. The number of benzene rings is 1. The van der Waals surface area contributed by atoms with Crippen molar-refractivity contribution in [3.63, 3.8) is 0 Å². The van der Waals surface area contributed by atoms with Gasteiger partial charge in [-0.05, 0) is 56.8 Å². The highest BCUT2D eigenvalue weighted by molar-refractivity contribution is 5.83. The van der Waals surface area contributed by atoms with E-state index >= 15 is 0 Å². The zero-order valence-electron chi connectivity index (χ0n) is 21.4. The van der Waals surface area contributed by atoms with Crippen LogP contribution in [-0.2, 0) is 21.0 Å². The average Bonchev–Trinajstić information content (AvgIpc) is 2.79. The minimum absolute atomic E-state index is 0.00802. The van der Waals surface area contributed by atoms with Crippen LogP contribution < -0.4 is 5.32 Å². The molecule has 2 fully saturated rings. The van der Waals surface area contributed by atoms with Gasteiger partial charge in [-0.3, -0.25) is 14.5 Å². The van der Waals surface area contributed by atoms with Crippen LogP contribution in [0.2, 0.25) is 0 Å². The second-order valence-corrected chi connectivity index (χ2v) is 10.3. The van der Waals surface area contributed by atoms with Gasteiger partial charge in [0.2, 0.25) is 0 Å². The summed E-state index contributed by atoms with van der Waals surface area (Å²) in [6, 6.07) is 9.64. The molecule has 3 atom stereocenters. The van der Waals surface area contributed by atoms with Gasteiger partial charge in [0.1, 0.15) is 12.8 Å². The van der Waals surface area contributed by atoms with E-state index in [0.717, 1.165) is 38.0 Å². The largest absolute Gasteiger partial charge is 0.443 e. The summed E-state index contributed by atoms with van der Waals surface area (Å²) in [5.41, 5.74) is 0.912. The normalized spacial score (nSPS) is 23.5. The van der Waals surface area contributed by atoms with Crippen molar-refractivity contribution in [3.05, 3.63) is 35.9 Å². The van der Waals surface area contributed by atoms with Gasteiger partial charge in [-0.2, -0.15) is 5.06 Å². The number of hydrogen-bond donors (Lipinski definition) is 1. The van der Waals surface area contributed by atoms with Gasteiger partial charge in [0.05, 0.1) is 0 Å². The minimum Gasteiger partial charge on any atom is -0.443 e. The molecule has 190 valence electrons. The van der Waals surface area contributed by atoms with Crippen molar-refractivity contribution in [3.8, 4) is 0 Å². The molecule has 1 aromatic rings. The maximum absolute atomic E-state index is 13.6. The van der Waals surface area contributed by atoms with Crippen LogP contribution >= 0.6 is 0 Å². The smallest absolute Gasteiger partial charge is 0.436 e. The summed E-state index contributed by atoms with van der Waals surface area (Å²) in [6.07, 6.45) is 0.732. The lowest BCUT2D eigenvalue weighted by Crippen LogP contribution is -2.72. The molecular formula is C26H42N4O4. The Morgan fingerprint density at radius 1 is 1.12 bits per heavy atom. The summed E-state index contributed by atoms with van der Waals surface area (Å²) >= 11 is 0. The number of carbonyl (C=O) groups excluding carboxylic acids is 2. The zero-order valence-corrected chi connectivity index (χ0v) is 21.4. The summed E-state index contributed by atoms with van der Waals surface area (Å²) in [5, 5.41) is 4.54. The Bertz CT molecular complexity index is 788. The van der Waals surface area contributed by atoms with Crippen molar-refractivity contribution in [1.82, 2.24) is 20.2 Å². The van der Waals surface area contributed by atoms with Crippen LogP contribution in [0.25, 0.3) is 0 Å². The van der Waals surface area contributed by atoms with Gasteiger partial charge >= 0.3 is 6.09 Å². The van der Waals surface area contributed by atoms with Gasteiger partial charge in [-0.1, -0.05) is 58.0 Å². The van der Waals surface area contributed by atoms with Crippen LogP contribution in [0.15, 0.2) is 30.3 Å². The van der Waals surface area contributed by atoms with Crippen molar-refractivity contribution in [2.24, 2.45) is 11.8 Å². The highest BCUT2D eigenvalue weighted by atomic mass is 16.7. The summed E-state index contributed by atoms with van der Waals surface area (Å²) in [7, 11) is 1.95. The Morgan fingerprint density at radius 3 is 2.47 bits per heavy atom. The molecule has 0 saturated carbocycles. The number of fused-ring (bicyclic) bond motifs is 1. The van der Waals surface area contributed by atoms with E-state index in [1.165, 1.54) is 5.06 Å². The quantitative estimate of drug-likeness (QED) is 0.524. The Balaban J connectivity index is 1.83. The van der Waals surface area contributed by atoms with Gasteiger partial charge in [0.15, 0.2) is 6.10 Å². The van der Waals surface area contributed by atoms with Crippen LogP contribution in [0, 0.1) is 11.8 Å². The SMILES string of the molecule is CNCCCN1C[C@H](CC(C)C)N2C(=O)[C@@H](CC(C)C)ON(C(=O)OCc3ccccc3)[C@H]2C1. The van der Waals surface area contributed by atoms with E-state index in [9.17, 15) is 9.59 Å². The molecule has 0 aromatic heterocycles. The lowest BCUT2D eigenvalue weighted by molar-refractivity contribution is -0.272. The van der Waals surface area contributed by atoms with Crippen molar-refractivity contribution in [2.75, 3.05) is 33.2 Å². The van der Waals surface area contributed by atoms with Crippen LogP contribution in [0.4, 0.5) is 4.79 Å². The molecule has 0 radical (unpaired) electrons. The van der Waals surface area contributed by atoms with Gasteiger partial charge in [-0.25, -0.2) is 4.79 Å². The van der Waals surface area contributed by atoms with E-state index in [0.29, 0.717) is 18.9 Å². The monoisotopic (exact) mass is 474 g/mol. The highest BCUT2D eigenvalue weighted by Crippen LogP contribution is 2.31. The molecule has 0 unspecified atom stereocenters. The molecule has 0 bridgehead atoms. The molecule has 2 aliphatic heterocycles. The fraction of sp³-hybridized carbons (Fsp3) is 0.692. The first-order chi connectivity index (χ1) is 16.3. The fourth-order valence-corrected chi connectivity index (χ4v) is 4.87. The summed E-state index contributed by atoms with van der Waals surface area (Å²) in [5.74, 6) is 0.686. The lowest BCUT2D eigenvalue weighted by Gasteiger charge is -2.53. The van der Waals surface area contributed by atoms with Gasteiger partial charge in [0, 0.05) is 19.1 Å². The summed E-state index contributed by atoms with van der Waals surface area (Å²) in [4.78, 5) is 37.2. The molecule has 2 saturated heterocycles. The van der Waals surface area contributed by atoms with E-state index in [2.05, 4.69) is 37.9 Å². The van der Waals surface area contributed by atoms with Crippen molar-refractivity contribution >= 4 is 12.0 Å². The molecule has 0 spiro atoms. The first kappa shape index (κ1) is 26.4. The number of ether oxygens (including phenoxy) is 1. The van der Waals surface area contributed by atoms with Gasteiger partial charge in [-0.15, -0.1) is 0 Å². The van der Waals surface area contributed by atoms with Crippen molar-refractivity contribution in [2.45, 2.75) is 71.9 Å². The van der Waals surface area contributed by atoms with E-state index in [1.54, 1.807) is 0 Å². The second kappa shape index (κ2) is 12.5. The van der Waals surface area contributed by atoms with Crippen LogP contribution in [0.1, 0.15) is 52.5 Å². The third-order valence-corrected chi connectivity index (χ3v) is 6.36. The van der Waals surface area contributed by atoms with Crippen molar-refractivity contribution < 1.29 is 19.2 Å². The number of hydrogen-bond acceptors (Lipinski definition) is 6. The topological polar surface area (TPSA) is 74.4 Å². The fourth-order valence-electron chi connectivity index (χ4n) is 4.87. The summed E-state index contributed by atoms with van der Waals surface area (Å²) in [6.45, 7) is 11.8. The average molecular weight is 475 g/mol. The van der Waals surface area contributed by atoms with Crippen LogP contribution in [0.5, 0.6) is 0 Å². The van der Waals surface area contributed by atoms with E-state index in [4.69, 9.17) is 9.57 Å². The first-order valence-electron chi connectivity index (χ1n) is 12.7. The van der Waals surface area contributed by atoms with Crippen molar-refractivity contribution in [1.29, 1.82) is 0 Å². The number of nitrogens with zero attached hydrogens (tertiary/aromatic N) is 3. The number of piperazine rings is 1. The minimum atomic E-state index is -0.675. The van der Waals surface area contributed by atoms with E-state index in [-0.39, 0.29) is 24.5 Å². The Kier molecular flexibility index (Phi) is 9.74. The predicted molar refractivity (Wildman–Crippen MR) is 132 cm³/mol. The molecular weight excluding hydrogens is 432 g/mol. The third-order valence-electron chi connectivity index (χ3n) is 6.36. The number of hydroxylamine groups is 2. The first-order valence-corrected chi connectivity index (χ1v) is 12.7. The van der Waals surface area contributed by atoms with Crippen LogP contribution in [-0.4, -0.2) is 78.4 Å². The Hall–Kier alpha value is -2.16. The maximum Gasteiger partial charge on any atom is 0.436 e. The molecule has 3 rings (SSSR count). The molecule has 34 heavy (non-hydrogen) atoms. The molecule has 1 aromatic carbocycles. The summed E-state index contributed by atoms with van der Waals surface area (Å²) < 4.78 is 5.65. The van der Waals surface area contributed by atoms with Gasteiger partial charge in [0.25, 0.3) is 5.91 Å². The maximum atomic E-state index is 13.6. The van der Waals surface area contributed by atoms with E-state index < -0.39 is 18.4 Å². The number of rotatable bonds is 10. The number of amides is 2. The third kappa shape index (κ3) is 6.93. The van der Waals surface area contributed by atoms with E-state index in [1.807, 2.05) is 42.3 Å². The molecule has 0 aliphatic carbocycles. The number of nitrogens with one attached hydrogen (secondary N) is 1. The molecule has 8 heteroatoms. The zero-order chi connectivity index (χ0) is 24.7. The molecule has 2 heterocycles. The molecule has 2 aliphatic rings. The Labute approximate surface area is 204 Å².